The van der Waals surface area contributed by atoms with Crippen molar-refractivity contribution >= 4 is 10.0 Å². The van der Waals surface area contributed by atoms with Crippen LogP contribution in [-0.4, -0.2) is 34.0 Å². The van der Waals surface area contributed by atoms with Crippen LogP contribution in [-0.2, 0) is 10.0 Å². The van der Waals surface area contributed by atoms with E-state index in [2.05, 4.69) is 4.72 Å². The Balaban J connectivity index is 2.41. The van der Waals surface area contributed by atoms with Gasteiger partial charge in [0.25, 0.3) is 0 Å². The van der Waals surface area contributed by atoms with Gasteiger partial charge in [0.1, 0.15) is 0 Å². The van der Waals surface area contributed by atoms with Crippen molar-refractivity contribution in [1.82, 2.24) is 9.62 Å². The lowest BCUT2D eigenvalue weighted by Crippen LogP contribution is -2.35. The Morgan fingerprint density at radius 1 is 1.00 bits per heavy atom. The molecular formula is C19H26N2O2S. The number of aryl methyl sites for hydroxylation is 3. The number of likely N-dealkylation sites (N-methyl/N-ethyl adjacent to an activating group) is 1. The molecule has 0 aliphatic rings. The SMILES string of the molecule is Cc1cc(C)c(S(=O)(=O)NC(CN(C)C)c2ccccc2)c(C)c1. The Hall–Kier alpha value is -1.69. The summed E-state index contributed by atoms with van der Waals surface area (Å²) in [6.07, 6.45) is 0. The van der Waals surface area contributed by atoms with Crippen LogP contribution < -0.4 is 4.72 Å². The third-order valence-electron chi connectivity index (χ3n) is 3.92. The number of nitrogens with zero attached hydrogens (tertiary/aromatic N) is 1. The van der Waals surface area contributed by atoms with E-state index in [4.69, 9.17) is 0 Å². The Labute approximate surface area is 145 Å². The molecule has 0 aliphatic heterocycles. The van der Waals surface area contributed by atoms with Crippen LogP contribution in [0.4, 0.5) is 0 Å². The summed E-state index contributed by atoms with van der Waals surface area (Å²) in [7, 11) is 0.266. The van der Waals surface area contributed by atoms with E-state index in [0.717, 1.165) is 22.3 Å². The lowest BCUT2D eigenvalue weighted by atomic mass is 10.1. The molecule has 0 saturated heterocycles. The van der Waals surface area contributed by atoms with Gasteiger partial charge in [-0.25, -0.2) is 13.1 Å². The highest BCUT2D eigenvalue weighted by molar-refractivity contribution is 7.89. The minimum atomic E-state index is -3.61. The molecule has 0 aliphatic carbocycles. The Kier molecular flexibility index (Phi) is 5.80. The topological polar surface area (TPSA) is 49.4 Å². The van der Waals surface area contributed by atoms with E-state index in [-0.39, 0.29) is 6.04 Å². The minimum Gasteiger partial charge on any atom is -0.307 e. The first-order valence-electron chi connectivity index (χ1n) is 8.00. The molecule has 0 radical (unpaired) electrons. The number of benzene rings is 2. The van der Waals surface area contributed by atoms with Crippen molar-refractivity contribution in [3.8, 4) is 0 Å². The second-order valence-electron chi connectivity index (χ2n) is 6.57. The van der Waals surface area contributed by atoms with Crippen molar-refractivity contribution in [3.05, 3.63) is 64.7 Å². The van der Waals surface area contributed by atoms with Crippen molar-refractivity contribution in [2.24, 2.45) is 0 Å². The summed E-state index contributed by atoms with van der Waals surface area (Å²) >= 11 is 0. The van der Waals surface area contributed by atoms with Gasteiger partial charge in [-0.15, -0.1) is 0 Å². The van der Waals surface area contributed by atoms with Crippen LogP contribution in [0.3, 0.4) is 0 Å². The average molecular weight is 346 g/mol. The molecule has 130 valence electrons. The van der Waals surface area contributed by atoms with Gasteiger partial charge >= 0.3 is 0 Å². The Bertz CT molecular complexity index is 776. The van der Waals surface area contributed by atoms with Gasteiger partial charge < -0.3 is 4.90 Å². The van der Waals surface area contributed by atoms with Crippen LogP contribution in [0.5, 0.6) is 0 Å². The quantitative estimate of drug-likeness (QED) is 0.874. The minimum absolute atomic E-state index is 0.300. The molecule has 0 heterocycles. The van der Waals surface area contributed by atoms with Crippen molar-refractivity contribution in [2.75, 3.05) is 20.6 Å². The molecule has 4 nitrogen and oxygen atoms in total. The zero-order chi connectivity index (χ0) is 17.9. The van der Waals surface area contributed by atoms with Crippen LogP contribution >= 0.6 is 0 Å². The van der Waals surface area contributed by atoms with Crippen molar-refractivity contribution in [2.45, 2.75) is 31.7 Å². The summed E-state index contributed by atoms with van der Waals surface area (Å²) in [6.45, 7) is 6.26. The van der Waals surface area contributed by atoms with Crippen LogP contribution in [0.25, 0.3) is 0 Å². The first-order chi connectivity index (χ1) is 11.2. The number of hydrogen-bond donors (Lipinski definition) is 1. The summed E-state index contributed by atoms with van der Waals surface area (Å²) in [5.41, 5.74) is 3.57. The molecule has 0 bridgehead atoms. The summed E-state index contributed by atoms with van der Waals surface area (Å²) in [5.74, 6) is 0. The van der Waals surface area contributed by atoms with Gasteiger partial charge in [-0.2, -0.15) is 0 Å². The number of hydrogen-bond acceptors (Lipinski definition) is 3. The van der Waals surface area contributed by atoms with Gasteiger partial charge in [-0.05, 0) is 51.6 Å². The van der Waals surface area contributed by atoms with E-state index in [1.54, 1.807) is 0 Å². The number of nitrogens with one attached hydrogen (secondary N) is 1. The molecule has 2 aromatic carbocycles. The highest BCUT2D eigenvalue weighted by Crippen LogP contribution is 2.24. The third-order valence-corrected chi connectivity index (χ3v) is 5.70. The van der Waals surface area contributed by atoms with E-state index in [1.165, 1.54) is 0 Å². The Morgan fingerprint density at radius 2 is 1.54 bits per heavy atom. The second kappa shape index (κ2) is 7.47. The lowest BCUT2D eigenvalue weighted by Gasteiger charge is -2.24. The molecular weight excluding hydrogens is 320 g/mol. The smallest absolute Gasteiger partial charge is 0.241 e. The van der Waals surface area contributed by atoms with Crippen LogP contribution in [0.1, 0.15) is 28.3 Å². The normalized spacial score (nSPS) is 13.2. The first kappa shape index (κ1) is 18.6. The molecule has 1 unspecified atom stereocenters. The molecule has 0 aromatic heterocycles. The zero-order valence-electron chi connectivity index (χ0n) is 15.0. The van der Waals surface area contributed by atoms with E-state index in [0.29, 0.717) is 11.4 Å². The van der Waals surface area contributed by atoms with Gasteiger partial charge in [0, 0.05) is 6.54 Å². The molecule has 24 heavy (non-hydrogen) atoms. The zero-order valence-corrected chi connectivity index (χ0v) is 15.8. The van der Waals surface area contributed by atoms with Crippen LogP contribution in [0.2, 0.25) is 0 Å². The molecule has 1 N–H and O–H groups in total. The highest BCUT2D eigenvalue weighted by atomic mass is 32.2. The largest absolute Gasteiger partial charge is 0.307 e. The van der Waals surface area contributed by atoms with Gasteiger partial charge in [-0.3, -0.25) is 0 Å². The third kappa shape index (κ3) is 4.44. The Morgan fingerprint density at radius 3 is 2.04 bits per heavy atom. The van der Waals surface area contributed by atoms with Crippen molar-refractivity contribution in [1.29, 1.82) is 0 Å². The molecule has 0 fully saturated rings. The molecule has 0 saturated carbocycles. The van der Waals surface area contributed by atoms with Crippen molar-refractivity contribution < 1.29 is 8.42 Å². The molecule has 2 rings (SSSR count). The molecule has 1 atom stereocenters. The maximum atomic E-state index is 13.0. The lowest BCUT2D eigenvalue weighted by molar-refractivity contribution is 0.363. The fourth-order valence-electron chi connectivity index (χ4n) is 3.10. The number of rotatable bonds is 6. The van der Waals surface area contributed by atoms with Crippen LogP contribution in [0, 0.1) is 20.8 Å². The highest BCUT2D eigenvalue weighted by Gasteiger charge is 2.25. The second-order valence-corrected chi connectivity index (χ2v) is 8.23. The van der Waals surface area contributed by atoms with Gasteiger partial charge in [0.05, 0.1) is 10.9 Å². The molecule has 0 amide bonds. The monoisotopic (exact) mass is 346 g/mol. The summed E-state index contributed by atoms with van der Waals surface area (Å²) in [5, 5.41) is 0. The van der Waals surface area contributed by atoms with Gasteiger partial charge in [0.2, 0.25) is 10.0 Å². The molecule has 2 aromatic rings. The molecule has 0 spiro atoms. The predicted molar refractivity (Wildman–Crippen MR) is 98.7 cm³/mol. The summed E-state index contributed by atoms with van der Waals surface area (Å²) < 4.78 is 28.9. The summed E-state index contributed by atoms with van der Waals surface area (Å²) in [4.78, 5) is 2.36. The first-order valence-corrected chi connectivity index (χ1v) is 9.49. The van der Waals surface area contributed by atoms with E-state index < -0.39 is 10.0 Å². The van der Waals surface area contributed by atoms with Gasteiger partial charge in [-0.1, -0.05) is 48.0 Å². The van der Waals surface area contributed by atoms with E-state index in [1.807, 2.05) is 82.2 Å². The number of sulfonamides is 1. The fraction of sp³-hybridized carbons (Fsp3) is 0.368. The molecule has 5 heteroatoms. The maximum absolute atomic E-state index is 13.0. The standard InChI is InChI=1S/C19H26N2O2S/c1-14-11-15(2)19(16(3)12-14)24(22,23)20-18(13-21(4)5)17-9-7-6-8-10-17/h6-12,18,20H,13H2,1-5H3. The average Bonchev–Trinajstić information content (AvgIpc) is 2.45. The van der Waals surface area contributed by atoms with Crippen molar-refractivity contribution in [3.63, 3.8) is 0 Å². The van der Waals surface area contributed by atoms with E-state index >= 15 is 0 Å². The fourth-order valence-corrected chi connectivity index (χ4v) is 4.77. The predicted octanol–water partition coefficient (Wildman–Crippen LogP) is 3.19. The maximum Gasteiger partial charge on any atom is 0.241 e. The summed E-state index contributed by atoms with van der Waals surface area (Å²) in [6, 6.07) is 13.2. The van der Waals surface area contributed by atoms with E-state index in [9.17, 15) is 8.42 Å². The van der Waals surface area contributed by atoms with Gasteiger partial charge in [0.15, 0.2) is 0 Å². The van der Waals surface area contributed by atoms with Crippen LogP contribution in [0.15, 0.2) is 47.4 Å².